The molecule has 0 aromatic carbocycles. The molecule has 1 rings (SSSR count). The number of rotatable bonds is 7. The van der Waals surface area contributed by atoms with Crippen LogP contribution in [0.3, 0.4) is 0 Å². The highest BCUT2D eigenvalue weighted by molar-refractivity contribution is 5.91. The first-order chi connectivity index (χ1) is 11.1. The Morgan fingerprint density at radius 3 is 1.83 bits per heavy atom. The molecule has 1 aliphatic rings. The molecule has 0 bridgehead atoms. The van der Waals surface area contributed by atoms with Crippen LogP contribution in [0.5, 0.6) is 0 Å². The lowest BCUT2D eigenvalue weighted by molar-refractivity contribution is -0.146. The van der Waals surface area contributed by atoms with Gasteiger partial charge in [0, 0.05) is 34.6 Å². The van der Waals surface area contributed by atoms with E-state index in [1.165, 1.54) is 9.80 Å². The summed E-state index contributed by atoms with van der Waals surface area (Å²) in [7, 11) is 6.43. The van der Waals surface area contributed by atoms with E-state index in [9.17, 15) is 14.4 Å². The van der Waals surface area contributed by atoms with Gasteiger partial charge in [-0.25, -0.2) is 0 Å². The van der Waals surface area contributed by atoms with Crippen LogP contribution in [-0.4, -0.2) is 74.1 Å². The summed E-state index contributed by atoms with van der Waals surface area (Å²) in [6, 6.07) is 0. The average molecular weight is 340 g/mol. The molecule has 0 spiro atoms. The lowest BCUT2D eigenvalue weighted by Crippen LogP contribution is -2.47. The number of carbonyl (C=O) groups is 3. The molecule has 0 aliphatic carbocycles. The number of hydrogen-bond donors (Lipinski definition) is 0. The highest BCUT2D eigenvalue weighted by atomic mass is 16.7. The SMILES string of the molecule is CC(=O)C[C@@H](C)C/C=C/C1O[C@@H](C(=O)N(C)C)[C@H](C(=O)N(C)C)O1. The Hall–Kier alpha value is -1.73. The van der Waals surface area contributed by atoms with Crippen molar-refractivity contribution in [2.45, 2.75) is 45.2 Å². The quantitative estimate of drug-likeness (QED) is 0.642. The molecule has 1 fully saturated rings. The Balaban J connectivity index is 2.73. The second-order valence-corrected chi connectivity index (χ2v) is 6.62. The number of allylic oxidation sites excluding steroid dienone is 1. The lowest BCUT2D eigenvalue weighted by Gasteiger charge is -2.21. The molecule has 1 saturated heterocycles. The first-order valence-electron chi connectivity index (χ1n) is 8.02. The third kappa shape index (κ3) is 5.72. The van der Waals surface area contributed by atoms with E-state index in [-0.39, 0.29) is 23.5 Å². The van der Waals surface area contributed by atoms with Crippen LogP contribution < -0.4 is 0 Å². The Bertz CT molecular complexity index is 473. The Labute approximate surface area is 143 Å². The van der Waals surface area contributed by atoms with Gasteiger partial charge in [0.25, 0.3) is 11.8 Å². The van der Waals surface area contributed by atoms with Gasteiger partial charge in [0.05, 0.1) is 0 Å². The van der Waals surface area contributed by atoms with E-state index in [0.29, 0.717) is 12.8 Å². The highest BCUT2D eigenvalue weighted by Gasteiger charge is 2.45. The van der Waals surface area contributed by atoms with Gasteiger partial charge in [-0.2, -0.15) is 0 Å². The molecule has 0 radical (unpaired) electrons. The molecule has 1 heterocycles. The van der Waals surface area contributed by atoms with Crippen molar-refractivity contribution in [2.75, 3.05) is 28.2 Å². The standard InChI is InChI=1S/C17H28N2O5/c1-11(10-12(2)20)8-7-9-13-23-14(16(21)18(3)4)15(24-13)17(22)19(5)6/h7,9,11,13-15H,8,10H2,1-6H3/b9-7+/t11-,14+,15+/m0/s1. The molecule has 7 heteroatoms. The summed E-state index contributed by atoms with van der Waals surface area (Å²) in [4.78, 5) is 38.3. The number of ketones is 1. The van der Waals surface area contributed by atoms with Gasteiger partial charge in [0.15, 0.2) is 18.5 Å². The maximum absolute atomic E-state index is 12.2. The predicted molar refractivity (Wildman–Crippen MR) is 89.1 cm³/mol. The van der Waals surface area contributed by atoms with E-state index >= 15 is 0 Å². The third-order valence-electron chi connectivity index (χ3n) is 3.67. The van der Waals surface area contributed by atoms with Crippen LogP contribution in [0, 0.1) is 5.92 Å². The molecule has 24 heavy (non-hydrogen) atoms. The predicted octanol–water partition coefficient (Wildman–Crippen LogP) is 0.834. The van der Waals surface area contributed by atoms with Crippen LogP contribution in [0.1, 0.15) is 26.7 Å². The second kappa shape index (κ2) is 8.94. The van der Waals surface area contributed by atoms with E-state index in [1.807, 2.05) is 13.0 Å². The van der Waals surface area contributed by atoms with Gasteiger partial charge in [-0.15, -0.1) is 0 Å². The highest BCUT2D eigenvalue weighted by Crippen LogP contribution is 2.23. The number of nitrogens with zero attached hydrogens (tertiary/aromatic N) is 2. The smallest absolute Gasteiger partial charge is 0.254 e. The van der Waals surface area contributed by atoms with Crippen molar-refractivity contribution in [3.05, 3.63) is 12.2 Å². The van der Waals surface area contributed by atoms with E-state index < -0.39 is 18.5 Å². The number of likely N-dealkylation sites (N-methyl/N-ethyl adjacent to an activating group) is 2. The summed E-state index contributed by atoms with van der Waals surface area (Å²) in [6.45, 7) is 3.55. The monoisotopic (exact) mass is 340 g/mol. The maximum Gasteiger partial charge on any atom is 0.254 e. The van der Waals surface area contributed by atoms with Gasteiger partial charge in [0.2, 0.25) is 0 Å². The second-order valence-electron chi connectivity index (χ2n) is 6.62. The van der Waals surface area contributed by atoms with Gasteiger partial charge in [0.1, 0.15) is 5.78 Å². The van der Waals surface area contributed by atoms with Gasteiger partial charge in [-0.3, -0.25) is 9.59 Å². The summed E-state index contributed by atoms with van der Waals surface area (Å²) in [5.41, 5.74) is 0. The van der Waals surface area contributed by atoms with Crippen molar-refractivity contribution in [1.29, 1.82) is 0 Å². The van der Waals surface area contributed by atoms with Crippen LogP contribution in [-0.2, 0) is 23.9 Å². The minimum absolute atomic E-state index is 0.151. The van der Waals surface area contributed by atoms with E-state index in [0.717, 1.165) is 0 Å². The Kier molecular flexibility index (Phi) is 7.57. The summed E-state index contributed by atoms with van der Waals surface area (Å²) >= 11 is 0. The van der Waals surface area contributed by atoms with Crippen molar-refractivity contribution in [2.24, 2.45) is 5.92 Å². The molecule has 0 N–H and O–H groups in total. The molecule has 1 aliphatic heterocycles. The summed E-state index contributed by atoms with van der Waals surface area (Å²) in [6.07, 6.45) is 2.09. The third-order valence-corrected chi connectivity index (χ3v) is 3.67. The average Bonchev–Trinajstić information content (AvgIpc) is 2.88. The first-order valence-corrected chi connectivity index (χ1v) is 8.02. The van der Waals surface area contributed by atoms with Gasteiger partial charge in [-0.1, -0.05) is 13.0 Å². The zero-order valence-electron chi connectivity index (χ0n) is 15.3. The molecule has 0 aromatic rings. The Morgan fingerprint density at radius 2 is 1.46 bits per heavy atom. The van der Waals surface area contributed by atoms with Crippen LogP contribution in [0.2, 0.25) is 0 Å². The molecular formula is C17H28N2O5. The topological polar surface area (TPSA) is 76.2 Å². The molecular weight excluding hydrogens is 312 g/mol. The Morgan fingerprint density at radius 1 is 1.00 bits per heavy atom. The summed E-state index contributed by atoms with van der Waals surface area (Å²) in [5.74, 6) is -0.247. The zero-order valence-corrected chi connectivity index (χ0v) is 15.3. The van der Waals surface area contributed by atoms with Crippen LogP contribution in [0.4, 0.5) is 0 Å². The summed E-state index contributed by atoms with van der Waals surface area (Å²) < 4.78 is 11.2. The molecule has 3 atom stereocenters. The van der Waals surface area contributed by atoms with Crippen LogP contribution in [0.25, 0.3) is 0 Å². The number of amides is 2. The van der Waals surface area contributed by atoms with Crippen molar-refractivity contribution < 1.29 is 23.9 Å². The van der Waals surface area contributed by atoms with E-state index in [2.05, 4.69) is 0 Å². The van der Waals surface area contributed by atoms with Gasteiger partial charge >= 0.3 is 0 Å². The number of carbonyl (C=O) groups excluding carboxylic acids is 3. The van der Waals surface area contributed by atoms with Crippen molar-refractivity contribution >= 4 is 17.6 Å². The fourth-order valence-electron chi connectivity index (χ4n) is 2.43. The van der Waals surface area contributed by atoms with Crippen LogP contribution >= 0.6 is 0 Å². The molecule has 136 valence electrons. The normalized spacial score (nSPS) is 22.6. The lowest BCUT2D eigenvalue weighted by atomic mass is 10.0. The van der Waals surface area contributed by atoms with Crippen molar-refractivity contribution in [3.8, 4) is 0 Å². The fraction of sp³-hybridized carbons (Fsp3) is 0.706. The van der Waals surface area contributed by atoms with E-state index in [1.54, 1.807) is 41.2 Å². The minimum atomic E-state index is -0.959. The van der Waals surface area contributed by atoms with Crippen molar-refractivity contribution in [3.63, 3.8) is 0 Å². The molecule has 0 aromatic heterocycles. The van der Waals surface area contributed by atoms with E-state index in [4.69, 9.17) is 9.47 Å². The first kappa shape index (κ1) is 20.3. The number of Topliss-reactive ketones (excluding diaryl/α,β-unsaturated/α-hetero) is 1. The van der Waals surface area contributed by atoms with Gasteiger partial charge in [-0.05, 0) is 25.3 Å². The molecule has 2 amide bonds. The number of hydrogen-bond acceptors (Lipinski definition) is 5. The van der Waals surface area contributed by atoms with Crippen molar-refractivity contribution in [1.82, 2.24) is 9.80 Å². The zero-order chi connectivity index (χ0) is 18.4. The summed E-state index contributed by atoms with van der Waals surface area (Å²) in [5, 5.41) is 0. The largest absolute Gasteiger partial charge is 0.346 e. The molecule has 0 saturated carbocycles. The number of ether oxygens (including phenoxy) is 2. The minimum Gasteiger partial charge on any atom is -0.346 e. The molecule has 7 nitrogen and oxygen atoms in total. The maximum atomic E-state index is 12.2. The van der Waals surface area contributed by atoms with Crippen LogP contribution in [0.15, 0.2) is 12.2 Å². The van der Waals surface area contributed by atoms with Gasteiger partial charge < -0.3 is 24.1 Å². The molecule has 0 unspecified atom stereocenters. The fourth-order valence-corrected chi connectivity index (χ4v) is 2.43.